The van der Waals surface area contributed by atoms with Crippen molar-refractivity contribution in [3.63, 3.8) is 0 Å². The van der Waals surface area contributed by atoms with Crippen LogP contribution < -0.4 is 14.9 Å². The summed E-state index contributed by atoms with van der Waals surface area (Å²) in [4.78, 5) is 34.3. The number of non-ortho nitro benzene ring substituents is 1. The van der Waals surface area contributed by atoms with Gasteiger partial charge in [0.05, 0.1) is 28.8 Å². The standard InChI is InChI=1S/C22H20BrN3O8/c1-3-31-18-8-13(7-16(23)21(18)33-12-20(27)32-4-2)11-24-25-22(28)19-10-14-9-15(26(29)30)5-6-17(14)34-19/h5-11H,3-4,12H2,1-2H3,(H,25,28)/b24-11+. The monoisotopic (exact) mass is 533 g/mol. The molecule has 0 atom stereocenters. The van der Waals surface area contributed by atoms with Crippen molar-refractivity contribution in [1.29, 1.82) is 0 Å². The number of fused-ring (bicyclic) bond motifs is 1. The van der Waals surface area contributed by atoms with Crippen LogP contribution in [0.2, 0.25) is 0 Å². The fourth-order valence-electron chi connectivity index (χ4n) is 2.88. The third kappa shape index (κ3) is 6.10. The number of nitrogens with zero attached hydrogens (tertiary/aromatic N) is 2. The summed E-state index contributed by atoms with van der Waals surface area (Å²) >= 11 is 3.38. The van der Waals surface area contributed by atoms with Crippen LogP contribution in [0.3, 0.4) is 0 Å². The fourth-order valence-corrected chi connectivity index (χ4v) is 3.45. The highest BCUT2D eigenvalue weighted by atomic mass is 79.9. The molecular weight excluding hydrogens is 514 g/mol. The molecule has 0 fully saturated rings. The summed E-state index contributed by atoms with van der Waals surface area (Å²) in [5, 5.41) is 15.2. The molecule has 0 saturated carbocycles. The molecule has 3 rings (SSSR count). The first-order valence-electron chi connectivity index (χ1n) is 10.1. The van der Waals surface area contributed by atoms with Crippen molar-refractivity contribution in [3.8, 4) is 11.5 Å². The number of nitrogens with one attached hydrogen (secondary N) is 1. The summed E-state index contributed by atoms with van der Waals surface area (Å²) in [6.45, 7) is 3.82. The lowest BCUT2D eigenvalue weighted by molar-refractivity contribution is -0.384. The molecule has 1 aromatic heterocycles. The van der Waals surface area contributed by atoms with Crippen molar-refractivity contribution in [2.75, 3.05) is 19.8 Å². The molecule has 1 amide bonds. The number of halogens is 1. The lowest BCUT2D eigenvalue weighted by Crippen LogP contribution is -2.17. The fraction of sp³-hybridized carbons (Fsp3) is 0.227. The first-order chi connectivity index (χ1) is 16.3. The number of carbonyl (C=O) groups is 2. The van der Waals surface area contributed by atoms with Gasteiger partial charge in [-0.2, -0.15) is 5.10 Å². The van der Waals surface area contributed by atoms with Crippen molar-refractivity contribution in [2.45, 2.75) is 13.8 Å². The van der Waals surface area contributed by atoms with E-state index in [1.54, 1.807) is 26.0 Å². The zero-order chi connectivity index (χ0) is 24.7. The van der Waals surface area contributed by atoms with Crippen LogP contribution in [0, 0.1) is 10.1 Å². The Labute approximate surface area is 201 Å². The summed E-state index contributed by atoms with van der Waals surface area (Å²) in [5.74, 6) is -0.495. The highest BCUT2D eigenvalue weighted by molar-refractivity contribution is 9.10. The zero-order valence-electron chi connectivity index (χ0n) is 18.2. The Kier molecular flexibility index (Phi) is 8.19. The van der Waals surface area contributed by atoms with E-state index in [0.29, 0.717) is 39.1 Å². The Morgan fingerprint density at radius 3 is 2.68 bits per heavy atom. The van der Waals surface area contributed by atoms with E-state index in [9.17, 15) is 19.7 Å². The highest BCUT2D eigenvalue weighted by Crippen LogP contribution is 2.36. The molecule has 0 bridgehead atoms. The van der Waals surface area contributed by atoms with Gasteiger partial charge >= 0.3 is 11.9 Å². The minimum atomic E-state index is -0.631. The molecule has 34 heavy (non-hydrogen) atoms. The van der Waals surface area contributed by atoms with Crippen molar-refractivity contribution < 1.29 is 33.1 Å². The van der Waals surface area contributed by atoms with Crippen LogP contribution in [0.4, 0.5) is 5.69 Å². The van der Waals surface area contributed by atoms with Crippen molar-refractivity contribution in [3.05, 3.63) is 62.3 Å². The number of hydrogen-bond donors (Lipinski definition) is 1. The van der Waals surface area contributed by atoms with Gasteiger partial charge in [0, 0.05) is 17.5 Å². The van der Waals surface area contributed by atoms with Crippen molar-refractivity contribution >= 4 is 50.7 Å². The van der Waals surface area contributed by atoms with E-state index in [0.717, 1.165) is 0 Å². The number of hydrazone groups is 1. The second-order valence-electron chi connectivity index (χ2n) is 6.65. The summed E-state index contributed by atoms with van der Waals surface area (Å²) in [5.41, 5.74) is 3.14. The molecule has 0 saturated heterocycles. The Morgan fingerprint density at radius 2 is 1.97 bits per heavy atom. The topological polar surface area (TPSA) is 143 Å². The summed E-state index contributed by atoms with van der Waals surface area (Å²) in [6.07, 6.45) is 1.38. The third-order valence-electron chi connectivity index (χ3n) is 4.29. The minimum Gasteiger partial charge on any atom is -0.490 e. The van der Waals surface area contributed by atoms with Crippen LogP contribution >= 0.6 is 15.9 Å². The van der Waals surface area contributed by atoms with Crippen LogP contribution in [-0.2, 0) is 9.53 Å². The van der Waals surface area contributed by atoms with Crippen LogP contribution in [0.15, 0.2) is 50.4 Å². The van der Waals surface area contributed by atoms with Crippen LogP contribution in [0.5, 0.6) is 11.5 Å². The predicted molar refractivity (Wildman–Crippen MR) is 125 cm³/mol. The second kappa shape index (κ2) is 11.3. The molecule has 2 aromatic carbocycles. The Bertz CT molecular complexity index is 1250. The van der Waals surface area contributed by atoms with Gasteiger partial charge in [0.15, 0.2) is 23.9 Å². The van der Waals surface area contributed by atoms with Gasteiger partial charge in [-0.15, -0.1) is 0 Å². The Hall–Kier alpha value is -3.93. The highest BCUT2D eigenvalue weighted by Gasteiger charge is 2.16. The molecule has 0 radical (unpaired) electrons. The van der Waals surface area contributed by atoms with Crippen molar-refractivity contribution in [1.82, 2.24) is 5.43 Å². The summed E-state index contributed by atoms with van der Waals surface area (Å²) in [7, 11) is 0. The molecule has 1 heterocycles. The van der Waals surface area contributed by atoms with E-state index in [1.807, 2.05) is 0 Å². The number of carbonyl (C=O) groups excluding carboxylic acids is 2. The number of nitro benzene ring substituents is 1. The van der Waals surface area contributed by atoms with Gasteiger partial charge in [0.2, 0.25) is 0 Å². The van der Waals surface area contributed by atoms with E-state index in [-0.39, 0.29) is 24.7 Å². The van der Waals surface area contributed by atoms with Gasteiger partial charge in [0.1, 0.15) is 5.58 Å². The van der Waals surface area contributed by atoms with E-state index >= 15 is 0 Å². The Morgan fingerprint density at radius 1 is 1.18 bits per heavy atom. The molecule has 11 nitrogen and oxygen atoms in total. The molecule has 0 unspecified atom stereocenters. The van der Waals surface area contributed by atoms with Gasteiger partial charge < -0.3 is 18.6 Å². The predicted octanol–water partition coefficient (Wildman–Crippen LogP) is 4.21. The molecule has 178 valence electrons. The maximum absolute atomic E-state index is 12.4. The van der Waals surface area contributed by atoms with Gasteiger partial charge in [-0.25, -0.2) is 10.2 Å². The van der Waals surface area contributed by atoms with Crippen LogP contribution in [-0.4, -0.2) is 42.8 Å². The number of benzene rings is 2. The van der Waals surface area contributed by atoms with Gasteiger partial charge in [-0.1, -0.05) is 0 Å². The van der Waals surface area contributed by atoms with E-state index in [1.165, 1.54) is 30.5 Å². The number of amides is 1. The average Bonchev–Trinajstić information content (AvgIpc) is 3.22. The minimum absolute atomic E-state index is 0.0495. The maximum Gasteiger partial charge on any atom is 0.344 e. The molecule has 0 aliphatic carbocycles. The van der Waals surface area contributed by atoms with Crippen LogP contribution in [0.1, 0.15) is 30.0 Å². The van der Waals surface area contributed by atoms with Gasteiger partial charge in [-0.3, -0.25) is 14.9 Å². The quantitative estimate of drug-likeness (QED) is 0.176. The van der Waals surface area contributed by atoms with E-state index < -0.39 is 16.8 Å². The maximum atomic E-state index is 12.4. The lowest BCUT2D eigenvalue weighted by atomic mass is 10.2. The Balaban J connectivity index is 1.72. The zero-order valence-corrected chi connectivity index (χ0v) is 19.8. The molecule has 3 aromatic rings. The van der Waals surface area contributed by atoms with Crippen molar-refractivity contribution in [2.24, 2.45) is 5.10 Å². The third-order valence-corrected chi connectivity index (χ3v) is 4.87. The normalized spacial score (nSPS) is 10.9. The van der Waals surface area contributed by atoms with Crippen LogP contribution in [0.25, 0.3) is 11.0 Å². The summed E-state index contributed by atoms with van der Waals surface area (Å²) < 4.78 is 21.9. The SMILES string of the molecule is CCOC(=O)COc1c(Br)cc(/C=N/NC(=O)c2cc3cc([N+](=O)[O-])ccc3o2)cc1OCC. The average molecular weight is 534 g/mol. The van der Waals surface area contributed by atoms with E-state index in [2.05, 4.69) is 26.5 Å². The van der Waals surface area contributed by atoms with Gasteiger partial charge in [0.25, 0.3) is 5.69 Å². The smallest absolute Gasteiger partial charge is 0.344 e. The second-order valence-corrected chi connectivity index (χ2v) is 7.50. The molecular formula is C22H20BrN3O8. The first-order valence-corrected chi connectivity index (χ1v) is 10.9. The largest absolute Gasteiger partial charge is 0.490 e. The summed E-state index contributed by atoms with van der Waals surface area (Å²) in [6, 6.07) is 8.72. The number of esters is 1. The number of nitro groups is 1. The number of rotatable bonds is 10. The lowest BCUT2D eigenvalue weighted by Gasteiger charge is -2.14. The van der Waals surface area contributed by atoms with E-state index in [4.69, 9.17) is 18.6 Å². The first kappa shape index (κ1) is 24.7. The molecule has 0 aliphatic heterocycles. The molecule has 12 heteroatoms. The molecule has 0 aliphatic rings. The number of ether oxygens (including phenoxy) is 3. The number of furan rings is 1. The molecule has 0 spiro atoms. The van der Waals surface area contributed by atoms with Gasteiger partial charge in [-0.05, 0) is 59.6 Å². The molecule has 1 N–H and O–H groups in total. The number of hydrogen-bond acceptors (Lipinski definition) is 9.